The van der Waals surface area contributed by atoms with Gasteiger partial charge >= 0.3 is 6.18 Å². The zero-order valence-electron chi connectivity index (χ0n) is 15.3. The SMILES string of the molecule is CCc1cc(C(F)(F)F)n2nc([C@H]3CCCN3C(=O)c3cc(C)no3)cc2n1. The first kappa shape index (κ1) is 18.5. The summed E-state index contributed by atoms with van der Waals surface area (Å²) in [6.45, 7) is 3.92. The number of aromatic nitrogens is 4. The van der Waals surface area contributed by atoms with Crippen molar-refractivity contribution in [1.82, 2.24) is 24.7 Å². The van der Waals surface area contributed by atoms with Gasteiger partial charge in [-0.15, -0.1) is 0 Å². The first-order chi connectivity index (χ1) is 13.3. The maximum absolute atomic E-state index is 13.5. The molecule has 7 nitrogen and oxygen atoms in total. The molecule has 3 aromatic rings. The number of hydrogen-bond donors (Lipinski definition) is 0. The van der Waals surface area contributed by atoms with E-state index in [9.17, 15) is 18.0 Å². The lowest BCUT2D eigenvalue weighted by atomic mass is 10.1. The van der Waals surface area contributed by atoms with Crippen LogP contribution in [0.15, 0.2) is 22.7 Å². The number of likely N-dealkylation sites (tertiary alicyclic amines) is 1. The second-order valence-corrected chi connectivity index (χ2v) is 6.81. The van der Waals surface area contributed by atoms with Crippen LogP contribution >= 0.6 is 0 Å². The Bertz CT molecular complexity index is 1040. The average molecular weight is 393 g/mol. The molecule has 0 aromatic carbocycles. The first-order valence-electron chi connectivity index (χ1n) is 8.99. The molecule has 4 heterocycles. The van der Waals surface area contributed by atoms with E-state index >= 15 is 0 Å². The van der Waals surface area contributed by atoms with Crippen LogP contribution in [0.4, 0.5) is 13.2 Å². The molecule has 0 saturated carbocycles. The van der Waals surface area contributed by atoms with Gasteiger partial charge in [-0.25, -0.2) is 9.50 Å². The van der Waals surface area contributed by atoms with Crippen molar-refractivity contribution >= 4 is 11.6 Å². The smallest absolute Gasteiger partial charge is 0.351 e. The lowest BCUT2D eigenvalue weighted by Crippen LogP contribution is -2.30. The van der Waals surface area contributed by atoms with Gasteiger partial charge in [0.05, 0.1) is 17.4 Å². The number of carbonyl (C=O) groups excluding carboxylic acids is 1. The zero-order chi connectivity index (χ0) is 20.1. The highest BCUT2D eigenvalue weighted by molar-refractivity contribution is 5.92. The molecular weight excluding hydrogens is 375 g/mol. The zero-order valence-corrected chi connectivity index (χ0v) is 15.3. The Balaban J connectivity index is 1.75. The minimum atomic E-state index is -4.56. The normalized spacial score (nSPS) is 17.6. The molecule has 1 fully saturated rings. The number of hydrogen-bond acceptors (Lipinski definition) is 5. The molecule has 3 aromatic heterocycles. The van der Waals surface area contributed by atoms with Crippen LogP contribution in [0.2, 0.25) is 0 Å². The van der Waals surface area contributed by atoms with Crippen LogP contribution in [0.25, 0.3) is 5.65 Å². The monoisotopic (exact) mass is 393 g/mol. The van der Waals surface area contributed by atoms with Crippen molar-refractivity contribution in [1.29, 1.82) is 0 Å². The van der Waals surface area contributed by atoms with Gasteiger partial charge in [-0.3, -0.25) is 4.79 Å². The van der Waals surface area contributed by atoms with Crippen LogP contribution in [0, 0.1) is 6.92 Å². The molecule has 1 atom stereocenters. The maximum Gasteiger partial charge on any atom is 0.433 e. The third kappa shape index (κ3) is 3.12. The van der Waals surface area contributed by atoms with Gasteiger partial charge < -0.3 is 9.42 Å². The molecule has 1 aliphatic heterocycles. The molecule has 0 N–H and O–H groups in total. The van der Waals surface area contributed by atoms with Crippen LogP contribution in [0.3, 0.4) is 0 Å². The number of fused-ring (bicyclic) bond motifs is 1. The van der Waals surface area contributed by atoms with E-state index in [1.807, 2.05) is 0 Å². The molecule has 0 unspecified atom stereocenters. The molecular formula is C18H18F3N5O2. The van der Waals surface area contributed by atoms with Crippen molar-refractivity contribution in [2.45, 2.75) is 45.3 Å². The summed E-state index contributed by atoms with van der Waals surface area (Å²) >= 11 is 0. The highest BCUT2D eigenvalue weighted by atomic mass is 19.4. The van der Waals surface area contributed by atoms with Crippen LogP contribution < -0.4 is 0 Å². The van der Waals surface area contributed by atoms with E-state index in [4.69, 9.17) is 4.52 Å². The summed E-state index contributed by atoms with van der Waals surface area (Å²) in [6, 6.07) is 3.64. The summed E-state index contributed by atoms with van der Waals surface area (Å²) in [6.07, 6.45) is -2.86. The number of halogens is 3. The minimum Gasteiger partial charge on any atom is -0.351 e. The highest BCUT2D eigenvalue weighted by Gasteiger charge is 2.37. The Kier molecular flexibility index (Phi) is 4.35. The summed E-state index contributed by atoms with van der Waals surface area (Å²) in [7, 11) is 0. The number of rotatable bonds is 3. The predicted molar refractivity (Wildman–Crippen MR) is 91.6 cm³/mol. The van der Waals surface area contributed by atoms with E-state index in [1.165, 1.54) is 12.1 Å². The van der Waals surface area contributed by atoms with E-state index in [0.29, 0.717) is 36.5 Å². The molecule has 4 rings (SSSR count). The molecule has 10 heteroatoms. The fraction of sp³-hybridized carbons (Fsp3) is 0.444. The van der Waals surface area contributed by atoms with Crippen LogP contribution in [0.1, 0.15) is 59.1 Å². The molecule has 0 aliphatic carbocycles. The third-order valence-corrected chi connectivity index (χ3v) is 4.85. The Labute approximate surface area is 158 Å². The van der Waals surface area contributed by atoms with Gasteiger partial charge in [-0.1, -0.05) is 12.1 Å². The van der Waals surface area contributed by atoms with Crippen molar-refractivity contribution in [2.75, 3.05) is 6.54 Å². The summed E-state index contributed by atoms with van der Waals surface area (Å²) in [5, 5.41) is 7.88. The Morgan fingerprint density at radius 3 is 2.75 bits per heavy atom. The van der Waals surface area contributed by atoms with Crippen molar-refractivity contribution in [3.05, 3.63) is 46.7 Å². The van der Waals surface area contributed by atoms with E-state index in [1.54, 1.807) is 18.7 Å². The predicted octanol–water partition coefficient (Wildman–Crippen LogP) is 3.58. The molecule has 0 bridgehead atoms. The second-order valence-electron chi connectivity index (χ2n) is 6.81. The number of carbonyl (C=O) groups is 1. The van der Waals surface area contributed by atoms with E-state index < -0.39 is 17.9 Å². The molecule has 1 aliphatic rings. The molecule has 28 heavy (non-hydrogen) atoms. The lowest BCUT2D eigenvalue weighted by Gasteiger charge is -2.21. The van der Waals surface area contributed by atoms with Crippen molar-refractivity contribution < 1.29 is 22.5 Å². The van der Waals surface area contributed by atoms with Crippen LogP contribution in [-0.4, -0.2) is 37.1 Å². The fourth-order valence-electron chi connectivity index (χ4n) is 3.51. The van der Waals surface area contributed by atoms with Crippen LogP contribution in [0.5, 0.6) is 0 Å². The van der Waals surface area contributed by atoms with Gasteiger partial charge in [0.1, 0.15) is 5.69 Å². The largest absolute Gasteiger partial charge is 0.433 e. The number of alkyl halides is 3. The first-order valence-corrected chi connectivity index (χ1v) is 8.99. The highest BCUT2D eigenvalue weighted by Crippen LogP contribution is 2.35. The van der Waals surface area contributed by atoms with Crippen molar-refractivity contribution in [3.63, 3.8) is 0 Å². The van der Waals surface area contributed by atoms with Crippen LogP contribution in [-0.2, 0) is 12.6 Å². The van der Waals surface area contributed by atoms with Gasteiger partial charge in [0.15, 0.2) is 5.65 Å². The summed E-state index contributed by atoms with van der Waals surface area (Å²) in [5.74, 6) is -0.242. The maximum atomic E-state index is 13.5. The summed E-state index contributed by atoms with van der Waals surface area (Å²) in [4.78, 5) is 18.6. The quantitative estimate of drug-likeness (QED) is 0.680. The topological polar surface area (TPSA) is 76.5 Å². The van der Waals surface area contributed by atoms with Gasteiger partial charge in [-0.05, 0) is 32.3 Å². The summed E-state index contributed by atoms with van der Waals surface area (Å²) < 4.78 is 46.3. The van der Waals surface area contributed by atoms with Gasteiger partial charge in [0, 0.05) is 24.4 Å². The average Bonchev–Trinajstić information content (AvgIpc) is 3.37. The number of nitrogens with zero attached hydrogens (tertiary/aromatic N) is 5. The minimum absolute atomic E-state index is 0.107. The van der Waals surface area contributed by atoms with Gasteiger partial charge in [0.2, 0.25) is 5.76 Å². The molecule has 0 spiro atoms. The Morgan fingerprint density at radius 2 is 2.11 bits per heavy atom. The van der Waals surface area contributed by atoms with Crippen molar-refractivity contribution in [2.24, 2.45) is 0 Å². The number of aryl methyl sites for hydroxylation is 2. The van der Waals surface area contributed by atoms with E-state index in [2.05, 4.69) is 15.2 Å². The Hall–Kier alpha value is -2.91. The van der Waals surface area contributed by atoms with Gasteiger partial charge in [-0.2, -0.15) is 18.3 Å². The molecule has 1 saturated heterocycles. The second kappa shape index (κ2) is 6.61. The molecule has 1 amide bonds. The third-order valence-electron chi connectivity index (χ3n) is 4.85. The molecule has 0 radical (unpaired) electrons. The van der Waals surface area contributed by atoms with E-state index in [-0.39, 0.29) is 17.3 Å². The standard InChI is InChI=1S/C18H18F3N5O2/c1-3-11-8-15(18(19,20)21)26-16(22-11)9-12(23-26)13-5-4-6-25(13)17(27)14-7-10(2)24-28-14/h7-9,13H,3-6H2,1-2H3/t13-/m1/s1. The van der Waals surface area contributed by atoms with E-state index in [0.717, 1.165) is 17.0 Å². The molecule has 148 valence electrons. The number of amides is 1. The van der Waals surface area contributed by atoms with Crippen molar-refractivity contribution in [3.8, 4) is 0 Å². The fourth-order valence-corrected chi connectivity index (χ4v) is 3.51. The lowest BCUT2D eigenvalue weighted by molar-refractivity contribution is -0.142. The van der Waals surface area contributed by atoms with Gasteiger partial charge in [0.25, 0.3) is 5.91 Å². The Morgan fingerprint density at radius 1 is 1.32 bits per heavy atom. The summed E-state index contributed by atoms with van der Waals surface area (Å²) in [5.41, 5.74) is 0.549.